The Balaban J connectivity index is 0.00000121. The van der Waals surface area contributed by atoms with E-state index in [-0.39, 0.29) is 12.4 Å². The van der Waals surface area contributed by atoms with Crippen molar-refractivity contribution in [2.24, 2.45) is 5.73 Å². The molecular formula is C7H9BrClFN2. The van der Waals surface area contributed by atoms with Crippen LogP contribution in [0.3, 0.4) is 0 Å². The predicted octanol–water partition coefficient (Wildman–Crippen LogP) is 2.24. The number of halogens is 3. The summed E-state index contributed by atoms with van der Waals surface area (Å²) in [6.45, 7) is -0.580. The first kappa shape index (κ1) is 11.8. The number of hydrogen-bond donors (Lipinski definition) is 1. The van der Waals surface area contributed by atoms with E-state index in [1.807, 2.05) is 0 Å². The second kappa shape index (κ2) is 5.45. The molecule has 0 spiro atoms. The lowest BCUT2D eigenvalue weighted by molar-refractivity contribution is 0.432. The molecule has 2 nitrogen and oxygen atoms in total. The quantitative estimate of drug-likeness (QED) is 0.823. The van der Waals surface area contributed by atoms with Gasteiger partial charge in [0.25, 0.3) is 0 Å². The summed E-state index contributed by atoms with van der Waals surface area (Å²) in [5, 5.41) is 0. The summed E-state index contributed by atoms with van der Waals surface area (Å²) in [7, 11) is 0. The smallest absolute Gasteiger partial charge is 0.110 e. The van der Waals surface area contributed by atoms with Crippen LogP contribution < -0.4 is 5.73 Å². The van der Waals surface area contributed by atoms with Gasteiger partial charge in [-0.1, -0.05) is 6.07 Å². The Kier molecular flexibility index (Phi) is 5.37. The molecule has 0 aliphatic rings. The molecule has 1 rings (SSSR count). The van der Waals surface area contributed by atoms with Gasteiger partial charge in [0.15, 0.2) is 0 Å². The summed E-state index contributed by atoms with van der Waals surface area (Å²) in [5.74, 6) is 0. The highest BCUT2D eigenvalue weighted by molar-refractivity contribution is 9.10. The highest BCUT2D eigenvalue weighted by Gasteiger charge is 2.05. The number of hydrogen-bond acceptors (Lipinski definition) is 2. The predicted molar refractivity (Wildman–Crippen MR) is 52.1 cm³/mol. The fourth-order valence-corrected chi connectivity index (χ4v) is 1.07. The number of nitrogens with two attached hydrogens (primary N) is 1. The maximum absolute atomic E-state index is 12.0. The third kappa shape index (κ3) is 3.05. The van der Waals surface area contributed by atoms with Crippen molar-refractivity contribution in [3.63, 3.8) is 0 Å². The zero-order chi connectivity index (χ0) is 8.27. The second-order valence-corrected chi connectivity index (χ2v) is 2.96. The fraction of sp³-hybridized carbons (Fsp3) is 0.286. The molecule has 1 aromatic rings. The largest absolute Gasteiger partial charge is 0.321 e. The van der Waals surface area contributed by atoms with E-state index in [2.05, 4.69) is 20.9 Å². The van der Waals surface area contributed by atoms with Gasteiger partial charge in [0.1, 0.15) is 11.3 Å². The van der Waals surface area contributed by atoms with Crippen LogP contribution in [-0.2, 0) is 0 Å². The fourth-order valence-electron chi connectivity index (χ4n) is 0.710. The lowest BCUT2D eigenvalue weighted by Gasteiger charge is -2.05. The van der Waals surface area contributed by atoms with E-state index in [9.17, 15) is 4.39 Å². The van der Waals surface area contributed by atoms with Gasteiger partial charge in [-0.2, -0.15) is 0 Å². The van der Waals surface area contributed by atoms with Crippen LogP contribution in [0.25, 0.3) is 0 Å². The zero-order valence-corrected chi connectivity index (χ0v) is 8.61. The maximum Gasteiger partial charge on any atom is 0.110 e. The van der Waals surface area contributed by atoms with Crippen LogP contribution in [0.2, 0.25) is 0 Å². The highest BCUT2D eigenvalue weighted by atomic mass is 79.9. The molecule has 0 amide bonds. The van der Waals surface area contributed by atoms with E-state index in [1.54, 1.807) is 18.2 Å². The van der Waals surface area contributed by atoms with Crippen LogP contribution in [0.1, 0.15) is 11.7 Å². The Morgan fingerprint density at radius 3 is 2.75 bits per heavy atom. The minimum atomic E-state index is -0.604. The van der Waals surface area contributed by atoms with Gasteiger partial charge in [-0.3, -0.25) is 0 Å². The summed E-state index contributed by atoms with van der Waals surface area (Å²) in [6, 6.07) is 4.65. The van der Waals surface area contributed by atoms with Crippen LogP contribution in [-0.4, -0.2) is 11.7 Å². The summed E-state index contributed by atoms with van der Waals surface area (Å²) in [4.78, 5) is 4.00. The number of alkyl halides is 1. The first-order valence-electron chi connectivity index (χ1n) is 3.18. The molecule has 0 unspecified atom stereocenters. The standard InChI is InChI=1S/C7H8BrFN2.ClH/c8-7-3-1-2-6(11-7)5(10)4-9;/h1-3,5H,4,10H2;1H/t5-;/m0./s1. The molecular weight excluding hydrogens is 246 g/mol. The van der Waals surface area contributed by atoms with E-state index in [1.165, 1.54) is 0 Å². The van der Waals surface area contributed by atoms with Crippen molar-refractivity contribution in [2.45, 2.75) is 6.04 Å². The minimum absolute atomic E-state index is 0. The molecule has 0 radical (unpaired) electrons. The van der Waals surface area contributed by atoms with Crippen LogP contribution in [0, 0.1) is 0 Å². The first-order valence-corrected chi connectivity index (χ1v) is 3.97. The highest BCUT2D eigenvalue weighted by Crippen LogP contribution is 2.11. The molecule has 0 fully saturated rings. The molecule has 0 saturated carbocycles. The minimum Gasteiger partial charge on any atom is -0.321 e. The lowest BCUT2D eigenvalue weighted by atomic mass is 10.2. The molecule has 0 aliphatic heterocycles. The number of rotatable bonds is 2. The molecule has 0 aromatic carbocycles. The Bertz CT molecular complexity index is 247. The third-order valence-electron chi connectivity index (χ3n) is 1.28. The van der Waals surface area contributed by atoms with Crippen LogP contribution in [0.15, 0.2) is 22.8 Å². The molecule has 0 bridgehead atoms. The molecule has 2 N–H and O–H groups in total. The van der Waals surface area contributed by atoms with Gasteiger partial charge in [0.05, 0.1) is 11.7 Å². The molecule has 68 valence electrons. The van der Waals surface area contributed by atoms with Gasteiger partial charge in [0, 0.05) is 0 Å². The third-order valence-corrected chi connectivity index (χ3v) is 1.72. The van der Waals surface area contributed by atoms with Crippen LogP contribution in [0.5, 0.6) is 0 Å². The van der Waals surface area contributed by atoms with Gasteiger partial charge in [-0.25, -0.2) is 9.37 Å². The van der Waals surface area contributed by atoms with Gasteiger partial charge in [-0.05, 0) is 28.1 Å². The topological polar surface area (TPSA) is 38.9 Å². The zero-order valence-electron chi connectivity index (χ0n) is 6.21. The normalized spacial score (nSPS) is 11.9. The Hall–Kier alpha value is -0.190. The van der Waals surface area contributed by atoms with Crippen LogP contribution >= 0.6 is 28.3 Å². The van der Waals surface area contributed by atoms with E-state index in [0.717, 1.165) is 0 Å². The number of nitrogens with zero attached hydrogens (tertiary/aromatic N) is 1. The number of aromatic nitrogens is 1. The average molecular weight is 256 g/mol. The second-order valence-electron chi connectivity index (χ2n) is 2.15. The van der Waals surface area contributed by atoms with Crippen molar-refractivity contribution in [1.29, 1.82) is 0 Å². The molecule has 1 aromatic heterocycles. The Morgan fingerprint density at radius 2 is 2.25 bits per heavy atom. The van der Waals surface area contributed by atoms with Crippen molar-refractivity contribution in [2.75, 3.05) is 6.67 Å². The van der Waals surface area contributed by atoms with Gasteiger partial charge in [-0.15, -0.1) is 12.4 Å². The summed E-state index contributed by atoms with van der Waals surface area (Å²) in [5.41, 5.74) is 5.98. The monoisotopic (exact) mass is 254 g/mol. The SMILES string of the molecule is Cl.N[C@@H](CF)c1cccc(Br)n1. The molecule has 1 heterocycles. The van der Waals surface area contributed by atoms with Crippen molar-refractivity contribution in [3.05, 3.63) is 28.5 Å². The van der Waals surface area contributed by atoms with Crippen molar-refractivity contribution in [3.8, 4) is 0 Å². The summed E-state index contributed by atoms with van der Waals surface area (Å²) < 4.78 is 12.7. The van der Waals surface area contributed by atoms with Gasteiger partial charge in [0.2, 0.25) is 0 Å². The molecule has 5 heteroatoms. The van der Waals surface area contributed by atoms with E-state index >= 15 is 0 Å². The van der Waals surface area contributed by atoms with Gasteiger partial charge < -0.3 is 5.73 Å². The first-order chi connectivity index (χ1) is 5.24. The Labute approximate surface area is 84.9 Å². The van der Waals surface area contributed by atoms with E-state index in [4.69, 9.17) is 5.73 Å². The van der Waals surface area contributed by atoms with E-state index < -0.39 is 12.7 Å². The Morgan fingerprint density at radius 1 is 1.58 bits per heavy atom. The average Bonchev–Trinajstić information content (AvgIpc) is 2.03. The van der Waals surface area contributed by atoms with E-state index in [0.29, 0.717) is 10.3 Å². The maximum atomic E-state index is 12.0. The summed E-state index contributed by atoms with van der Waals surface area (Å²) in [6.07, 6.45) is 0. The lowest BCUT2D eigenvalue weighted by Crippen LogP contribution is -2.13. The summed E-state index contributed by atoms with van der Waals surface area (Å²) >= 11 is 3.17. The molecule has 1 atom stereocenters. The molecule has 0 aliphatic carbocycles. The van der Waals surface area contributed by atoms with Crippen molar-refractivity contribution in [1.82, 2.24) is 4.98 Å². The molecule has 12 heavy (non-hydrogen) atoms. The molecule has 0 saturated heterocycles. The van der Waals surface area contributed by atoms with Crippen LogP contribution in [0.4, 0.5) is 4.39 Å². The van der Waals surface area contributed by atoms with Crippen molar-refractivity contribution < 1.29 is 4.39 Å². The van der Waals surface area contributed by atoms with Crippen molar-refractivity contribution >= 4 is 28.3 Å². The number of pyridine rings is 1. The van der Waals surface area contributed by atoms with Gasteiger partial charge >= 0.3 is 0 Å².